The number of nitrogens with zero attached hydrogens (tertiary/aromatic N) is 1. The quantitative estimate of drug-likeness (QED) is 0.663. The molecule has 0 fully saturated rings. The van der Waals surface area contributed by atoms with E-state index in [4.69, 9.17) is 0 Å². The monoisotopic (exact) mass is 261 g/mol. The number of hydrogen-bond acceptors (Lipinski definition) is 2. The van der Waals surface area contributed by atoms with Crippen LogP contribution in [0.15, 0.2) is 67.0 Å². The normalized spacial score (nSPS) is 10.6. The zero-order valence-electron chi connectivity index (χ0n) is 11.1. The molecule has 0 spiro atoms. The van der Waals surface area contributed by atoms with Gasteiger partial charge in [0.25, 0.3) is 0 Å². The summed E-state index contributed by atoms with van der Waals surface area (Å²) in [5.74, 6) is 0.144. The summed E-state index contributed by atoms with van der Waals surface area (Å²) in [5, 5.41) is 2.45. The van der Waals surface area contributed by atoms with Crippen molar-refractivity contribution >= 4 is 16.6 Å². The van der Waals surface area contributed by atoms with Gasteiger partial charge in [0.1, 0.15) is 0 Å². The minimum atomic E-state index is 0.144. The van der Waals surface area contributed by atoms with E-state index >= 15 is 0 Å². The van der Waals surface area contributed by atoms with Gasteiger partial charge >= 0.3 is 0 Å². The largest absolute Gasteiger partial charge is 0.294 e. The van der Waals surface area contributed by atoms with Gasteiger partial charge in [-0.15, -0.1) is 0 Å². The van der Waals surface area contributed by atoms with E-state index in [0.29, 0.717) is 12.0 Å². The molecule has 0 atom stereocenters. The first-order valence-electron chi connectivity index (χ1n) is 6.74. The molecule has 0 aliphatic rings. The van der Waals surface area contributed by atoms with E-state index in [1.54, 1.807) is 18.5 Å². The smallest absolute Gasteiger partial charge is 0.164 e. The molecular weight excluding hydrogens is 246 g/mol. The van der Waals surface area contributed by atoms with Gasteiger partial charge in [0, 0.05) is 24.4 Å². The average Bonchev–Trinajstić information content (AvgIpc) is 2.53. The van der Waals surface area contributed by atoms with Crippen LogP contribution in [0.2, 0.25) is 0 Å². The predicted octanol–water partition coefficient (Wildman–Crippen LogP) is 4.05. The van der Waals surface area contributed by atoms with Crippen molar-refractivity contribution in [1.29, 1.82) is 0 Å². The number of benzene rings is 2. The summed E-state index contributed by atoms with van der Waals surface area (Å²) < 4.78 is 0. The van der Waals surface area contributed by atoms with Gasteiger partial charge in [-0.1, -0.05) is 42.5 Å². The molecule has 0 amide bonds. The predicted molar refractivity (Wildman–Crippen MR) is 80.8 cm³/mol. The van der Waals surface area contributed by atoms with Gasteiger partial charge in [-0.3, -0.25) is 9.78 Å². The maximum absolute atomic E-state index is 12.1. The highest BCUT2D eigenvalue weighted by molar-refractivity contribution is 5.96. The molecule has 0 radical (unpaired) electrons. The number of Topliss-reactive ketones (excluding diaryl/α,β-unsaturated/α-hetero) is 1. The van der Waals surface area contributed by atoms with Crippen molar-refractivity contribution in [2.75, 3.05) is 0 Å². The first-order chi connectivity index (χ1) is 9.84. The van der Waals surface area contributed by atoms with E-state index < -0.39 is 0 Å². The highest BCUT2D eigenvalue weighted by atomic mass is 16.1. The highest BCUT2D eigenvalue weighted by Gasteiger charge is 2.07. The maximum Gasteiger partial charge on any atom is 0.164 e. The lowest BCUT2D eigenvalue weighted by molar-refractivity contribution is 0.0982. The van der Waals surface area contributed by atoms with Crippen LogP contribution in [0, 0.1) is 0 Å². The Labute approximate surface area is 118 Å². The van der Waals surface area contributed by atoms with Crippen LogP contribution in [0.3, 0.4) is 0 Å². The SMILES string of the molecule is O=C(CCc1cccc2ccccc12)c1cccnc1. The fourth-order valence-electron chi connectivity index (χ4n) is 2.43. The van der Waals surface area contributed by atoms with Crippen LogP contribution in [0.1, 0.15) is 22.3 Å². The van der Waals surface area contributed by atoms with E-state index in [-0.39, 0.29) is 5.78 Å². The van der Waals surface area contributed by atoms with Gasteiger partial charge in [-0.05, 0) is 34.9 Å². The summed E-state index contributed by atoms with van der Waals surface area (Å²) in [7, 11) is 0. The lowest BCUT2D eigenvalue weighted by Gasteiger charge is -2.06. The maximum atomic E-state index is 12.1. The lowest BCUT2D eigenvalue weighted by atomic mass is 9.98. The van der Waals surface area contributed by atoms with Crippen LogP contribution in [0.25, 0.3) is 10.8 Å². The summed E-state index contributed by atoms with van der Waals surface area (Å²) in [6.45, 7) is 0. The van der Waals surface area contributed by atoms with Gasteiger partial charge in [-0.2, -0.15) is 0 Å². The van der Waals surface area contributed by atoms with Gasteiger partial charge in [0.2, 0.25) is 0 Å². The molecule has 0 saturated heterocycles. The Balaban J connectivity index is 1.79. The molecule has 3 aromatic rings. The van der Waals surface area contributed by atoms with E-state index in [0.717, 1.165) is 6.42 Å². The molecule has 2 aromatic carbocycles. The zero-order valence-corrected chi connectivity index (χ0v) is 11.1. The van der Waals surface area contributed by atoms with Crippen LogP contribution < -0.4 is 0 Å². The van der Waals surface area contributed by atoms with Crippen LogP contribution in [0.4, 0.5) is 0 Å². The average molecular weight is 261 g/mol. The number of fused-ring (bicyclic) bond motifs is 1. The van der Waals surface area contributed by atoms with Crippen LogP contribution in [-0.4, -0.2) is 10.8 Å². The van der Waals surface area contributed by atoms with Crippen LogP contribution >= 0.6 is 0 Å². The molecule has 2 nitrogen and oxygen atoms in total. The first-order valence-corrected chi connectivity index (χ1v) is 6.74. The second-order valence-electron chi connectivity index (χ2n) is 4.80. The van der Waals surface area contributed by atoms with Crippen molar-refractivity contribution in [3.63, 3.8) is 0 Å². The van der Waals surface area contributed by atoms with Crippen molar-refractivity contribution in [2.45, 2.75) is 12.8 Å². The molecule has 3 rings (SSSR count). The summed E-state index contributed by atoms with van der Waals surface area (Å²) in [5.41, 5.74) is 1.91. The van der Waals surface area contributed by atoms with Crippen molar-refractivity contribution in [2.24, 2.45) is 0 Å². The Bertz CT molecular complexity index is 729. The second kappa shape index (κ2) is 5.66. The van der Waals surface area contributed by atoms with Gasteiger partial charge in [-0.25, -0.2) is 0 Å². The van der Waals surface area contributed by atoms with E-state index in [1.807, 2.05) is 24.3 Å². The topological polar surface area (TPSA) is 30.0 Å². The highest BCUT2D eigenvalue weighted by Crippen LogP contribution is 2.20. The van der Waals surface area contributed by atoms with E-state index in [2.05, 4.69) is 29.2 Å². The Morgan fingerprint density at radius 2 is 1.80 bits per heavy atom. The van der Waals surface area contributed by atoms with Crippen LogP contribution in [0.5, 0.6) is 0 Å². The molecule has 0 aliphatic heterocycles. The van der Waals surface area contributed by atoms with Crippen molar-refractivity contribution in [1.82, 2.24) is 4.98 Å². The standard InChI is InChI=1S/C18H15NO/c20-18(16-8-4-12-19-13-16)11-10-15-7-3-6-14-5-1-2-9-17(14)15/h1-9,12-13H,10-11H2. The van der Waals surface area contributed by atoms with E-state index in [1.165, 1.54) is 16.3 Å². The number of hydrogen-bond donors (Lipinski definition) is 0. The number of aryl methyl sites for hydroxylation is 1. The molecule has 2 heteroatoms. The zero-order chi connectivity index (χ0) is 13.8. The molecule has 0 bridgehead atoms. The molecule has 20 heavy (non-hydrogen) atoms. The second-order valence-corrected chi connectivity index (χ2v) is 4.80. The third-order valence-electron chi connectivity index (χ3n) is 3.48. The van der Waals surface area contributed by atoms with Gasteiger partial charge < -0.3 is 0 Å². The molecule has 0 unspecified atom stereocenters. The van der Waals surface area contributed by atoms with Crippen molar-refractivity contribution in [3.05, 3.63) is 78.1 Å². The Kier molecular flexibility index (Phi) is 3.55. The van der Waals surface area contributed by atoms with Crippen molar-refractivity contribution < 1.29 is 4.79 Å². The molecule has 98 valence electrons. The molecule has 0 saturated carbocycles. The van der Waals surface area contributed by atoms with Crippen molar-refractivity contribution in [3.8, 4) is 0 Å². The van der Waals surface area contributed by atoms with Gasteiger partial charge in [0.15, 0.2) is 5.78 Å². The number of aromatic nitrogens is 1. The number of ketones is 1. The van der Waals surface area contributed by atoms with Gasteiger partial charge in [0.05, 0.1) is 0 Å². The fraction of sp³-hybridized carbons (Fsp3) is 0.111. The Morgan fingerprint density at radius 1 is 0.950 bits per heavy atom. The lowest BCUT2D eigenvalue weighted by Crippen LogP contribution is -2.01. The van der Waals surface area contributed by atoms with Crippen LogP contribution in [-0.2, 0) is 6.42 Å². The Hall–Kier alpha value is -2.48. The Morgan fingerprint density at radius 3 is 2.65 bits per heavy atom. The van der Waals surface area contributed by atoms with E-state index in [9.17, 15) is 4.79 Å². The first kappa shape index (κ1) is 12.5. The number of carbonyl (C=O) groups is 1. The molecule has 1 aromatic heterocycles. The molecule has 1 heterocycles. The summed E-state index contributed by atoms with van der Waals surface area (Å²) in [6, 6.07) is 18.1. The molecule has 0 N–H and O–H groups in total. The third kappa shape index (κ3) is 2.59. The third-order valence-corrected chi connectivity index (χ3v) is 3.48. The summed E-state index contributed by atoms with van der Waals surface area (Å²) in [4.78, 5) is 16.1. The summed E-state index contributed by atoms with van der Waals surface area (Å²) >= 11 is 0. The number of pyridine rings is 1. The fourth-order valence-corrected chi connectivity index (χ4v) is 2.43. The number of rotatable bonds is 4. The molecule has 0 aliphatic carbocycles. The minimum absolute atomic E-state index is 0.144. The number of carbonyl (C=O) groups excluding carboxylic acids is 1. The minimum Gasteiger partial charge on any atom is -0.294 e. The summed E-state index contributed by atoms with van der Waals surface area (Å²) in [6.07, 6.45) is 4.59. The molecular formula is C18H15NO.